The average Bonchev–Trinajstić information content (AvgIpc) is 2.60. The molecule has 6 heteroatoms. The maximum absolute atomic E-state index is 8.53. The van der Waals surface area contributed by atoms with Crippen molar-refractivity contribution >= 4 is 11.6 Å². The number of halogens is 1. The van der Waals surface area contributed by atoms with Gasteiger partial charge in [0.1, 0.15) is 0 Å². The summed E-state index contributed by atoms with van der Waals surface area (Å²) < 4.78 is 6.95. The van der Waals surface area contributed by atoms with Gasteiger partial charge in [-0.05, 0) is 6.42 Å². The lowest BCUT2D eigenvalue weighted by Crippen LogP contribution is -2.21. The molecule has 0 saturated heterocycles. The summed E-state index contributed by atoms with van der Waals surface area (Å²) in [6.45, 7) is 4.46. The first kappa shape index (κ1) is 14.4. The second kappa shape index (κ2) is 7.66. The number of nitrogens with zero attached hydrogens (tertiary/aromatic N) is 2. The van der Waals surface area contributed by atoms with Crippen molar-refractivity contribution in [3.63, 3.8) is 0 Å². The smallest absolute Gasteiger partial charge is 0.0863 e. The fourth-order valence-corrected chi connectivity index (χ4v) is 1.89. The molecule has 0 aliphatic carbocycles. The van der Waals surface area contributed by atoms with Gasteiger partial charge in [-0.3, -0.25) is 4.68 Å². The number of aromatic nitrogens is 2. The van der Waals surface area contributed by atoms with Crippen LogP contribution in [0.3, 0.4) is 0 Å². The van der Waals surface area contributed by atoms with Crippen LogP contribution >= 0.6 is 11.6 Å². The van der Waals surface area contributed by atoms with Gasteiger partial charge in [-0.25, -0.2) is 0 Å². The van der Waals surface area contributed by atoms with Gasteiger partial charge in [0.15, 0.2) is 0 Å². The molecule has 0 saturated carbocycles. The van der Waals surface area contributed by atoms with Crippen LogP contribution in [0.15, 0.2) is 0 Å². The number of aryl methyl sites for hydroxylation is 2. The maximum Gasteiger partial charge on any atom is 0.0863 e. The minimum atomic E-state index is 0.0629. The SMILES string of the molecule is CCc1nn(C)c(CNCCOCCO)c1Cl. The highest BCUT2D eigenvalue weighted by Crippen LogP contribution is 2.20. The molecule has 1 aromatic rings. The zero-order chi connectivity index (χ0) is 12.7. The van der Waals surface area contributed by atoms with E-state index in [9.17, 15) is 0 Å². The van der Waals surface area contributed by atoms with E-state index in [0.29, 0.717) is 19.8 Å². The minimum Gasteiger partial charge on any atom is -0.394 e. The Morgan fingerprint density at radius 1 is 1.47 bits per heavy atom. The summed E-state index contributed by atoms with van der Waals surface area (Å²) in [4.78, 5) is 0. The van der Waals surface area contributed by atoms with E-state index in [-0.39, 0.29) is 6.61 Å². The first-order chi connectivity index (χ1) is 8.20. The Hall–Kier alpha value is -0.620. The fourth-order valence-electron chi connectivity index (χ4n) is 1.53. The predicted octanol–water partition coefficient (Wildman–Crippen LogP) is 0.734. The van der Waals surface area contributed by atoms with E-state index < -0.39 is 0 Å². The molecule has 0 unspecified atom stereocenters. The number of nitrogens with one attached hydrogen (secondary N) is 1. The second-order valence-corrected chi connectivity index (χ2v) is 4.08. The largest absolute Gasteiger partial charge is 0.394 e. The quantitative estimate of drug-likeness (QED) is 0.678. The Bertz CT molecular complexity index is 342. The summed E-state index contributed by atoms with van der Waals surface area (Å²) in [5.74, 6) is 0. The van der Waals surface area contributed by atoms with Crippen molar-refractivity contribution in [1.82, 2.24) is 15.1 Å². The van der Waals surface area contributed by atoms with E-state index >= 15 is 0 Å². The molecule has 98 valence electrons. The maximum atomic E-state index is 8.53. The Morgan fingerprint density at radius 3 is 2.82 bits per heavy atom. The lowest BCUT2D eigenvalue weighted by molar-refractivity contribution is 0.0937. The topological polar surface area (TPSA) is 59.3 Å². The van der Waals surface area contributed by atoms with Crippen molar-refractivity contribution in [2.75, 3.05) is 26.4 Å². The van der Waals surface area contributed by atoms with Gasteiger partial charge in [0, 0.05) is 20.1 Å². The Labute approximate surface area is 107 Å². The van der Waals surface area contributed by atoms with Crippen molar-refractivity contribution in [1.29, 1.82) is 0 Å². The van der Waals surface area contributed by atoms with Gasteiger partial charge in [0.2, 0.25) is 0 Å². The van der Waals surface area contributed by atoms with Crippen LogP contribution in [0.25, 0.3) is 0 Å². The predicted molar refractivity (Wildman–Crippen MR) is 67.2 cm³/mol. The van der Waals surface area contributed by atoms with E-state index in [4.69, 9.17) is 21.4 Å². The fraction of sp³-hybridized carbons (Fsp3) is 0.727. The number of aliphatic hydroxyl groups excluding tert-OH is 1. The molecule has 0 aromatic carbocycles. The average molecular weight is 262 g/mol. The van der Waals surface area contributed by atoms with Gasteiger partial charge in [0.05, 0.1) is 36.2 Å². The van der Waals surface area contributed by atoms with Crippen LogP contribution in [0, 0.1) is 0 Å². The third-order valence-electron chi connectivity index (χ3n) is 2.45. The Kier molecular flexibility index (Phi) is 6.50. The van der Waals surface area contributed by atoms with Crippen molar-refractivity contribution < 1.29 is 9.84 Å². The van der Waals surface area contributed by atoms with Gasteiger partial charge in [-0.15, -0.1) is 0 Å². The summed E-state index contributed by atoms with van der Waals surface area (Å²) in [5.41, 5.74) is 1.92. The monoisotopic (exact) mass is 261 g/mol. The van der Waals surface area contributed by atoms with Gasteiger partial charge in [0.25, 0.3) is 0 Å². The molecule has 1 rings (SSSR count). The summed E-state index contributed by atoms with van der Waals surface area (Å²) >= 11 is 6.20. The normalized spacial score (nSPS) is 11.1. The molecule has 0 spiro atoms. The lowest BCUT2D eigenvalue weighted by Gasteiger charge is -2.06. The number of hydrogen-bond acceptors (Lipinski definition) is 4. The zero-order valence-corrected chi connectivity index (χ0v) is 11.1. The summed E-state index contributed by atoms with van der Waals surface area (Å²) in [6.07, 6.45) is 0.840. The van der Waals surface area contributed by atoms with Crippen molar-refractivity contribution in [3.8, 4) is 0 Å². The molecule has 0 atom stereocenters. The molecule has 0 amide bonds. The van der Waals surface area contributed by atoms with Crippen LogP contribution in [0.4, 0.5) is 0 Å². The number of hydrogen-bond donors (Lipinski definition) is 2. The van der Waals surface area contributed by atoms with E-state index in [1.807, 2.05) is 18.7 Å². The van der Waals surface area contributed by atoms with Crippen molar-refractivity contribution in [3.05, 3.63) is 16.4 Å². The Morgan fingerprint density at radius 2 is 2.24 bits per heavy atom. The highest BCUT2D eigenvalue weighted by Gasteiger charge is 2.11. The number of rotatable bonds is 8. The van der Waals surface area contributed by atoms with E-state index in [1.54, 1.807) is 0 Å². The van der Waals surface area contributed by atoms with Crippen LogP contribution in [0.5, 0.6) is 0 Å². The molecule has 2 N–H and O–H groups in total. The van der Waals surface area contributed by atoms with Gasteiger partial charge in [-0.2, -0.15) is 5.10 Å². The third kappa shape index (κ3) is 4.27. The first-order valence-corrected chi connectivity index (χ1v) is 6.18. The Balaban J connectivity index is 2.34. The molecule has 0 aliphatic rings. The highest BCUT2D eigenvalue weighted by atomic mass is 35.5. The number of aliphatic hydroxyl groups is 1. The molecule has 0 aliphatic heterocycles. The molecule has 0 radical (unpaired) electrons. The molecule has 0 bridgehead atoms. The zero-order valence-electron chi connectivity index (χ0n) is 10.4. The highest BCUT2D eigenvalue weighted by molar-refractivity contribution is 6.31. The summed E-state index contributed by atoms with van der Waals surface area (Å²) in [7, 11) is 1.89. The van der Waals surface area contributed by atoms with Crippen molar-refractivity contribution in [2.24, 2.45) is 7.05 Å². The second-order valence-electron chi connectivity index (χ2n) is 3.70. The summed E-state index contributed by atoms with van der Waals surface area (Å²) in [5, 5.41) is 16.8. The standard InChI is InChI=1S/C11H20ClN3O2/c1-3-9-11(12)10(15(2)14-9)8-13-4-6-17-7-5-16/h13,16H,3-8H2,1-2H3. The van der Waals surface area contributed by atoms with E-state index in [0.717, 1.165) is 29.4 Å². The van der Waals surface area contributed by atoms with Gasteiger partial charge < -0.3 is 15.2 Å². The van der Waals surface area contributed by atoms with Crippen LogP contribution in [0.2, 0.25) is 5.02 Å². The molecule has 17 heavy (non-hydrogen) atoms. The van der Waals surface area contributed by atoms with Gasteiger partial charge in [-0.1, -0.05) is 18.5 Å². The lowest BCUT2D eigenvalue weighted by atomic mass is 10.3. The van der Waals surface area contributed by atoms with Gasteiger partial charge >= 0.3 is 0 Å². The van der Waals surface area contributed by atoms with Crippen LogP contribution in [0.1, 0.15) is 18.3 Å². The molecular weight excluding hydrogens is 242 g/mol. The first-order valence-electron chi connectivity index (χ1n) is 5.80. The minimum absolute atomic E-state index is 0.0629. The van der Waals surface area contributed by atoms with Crippen molar-refractivity contribution in [2.45, 2.75) is 19.9 Å². The molecule has 0 fully saturated rings. The van der Waals surface area contributed by atoms with E-state index in [1.165, 1.54) is 0 Å². The molecular formula is C11H20ClN3O2. The van der Waals surface area contributed by atoms with Crippen LogP contribution < -0.4 is 5.32 Å². The summed E-state index contributed by atoms with van der Waals surface area (Å²) in [6, 6.07) is 0. The molecule has 1 heterocycles. The molecule has 5 nitrogen and oxygen atoms in total. The van der Waals surface area contributed by atoms with E-state index in [2.05, 4.69) is 10.4 Å². The number of ether oxygens (including phenoxy) is 1. The molecule has 1 aromatic heterocycles. The van der Waals surface area contributed by atoms with Crippen LogP contribution in [-0.2, 0) is 24.8 Å². The third-order valence-corrected chi connectivity index (χ3v) is 2.89. The van der Waals surface area contributed by atoms with Crippen LogP contribution in [-0.4, -0.2) is 41.3 Å².